The van der Waals surface area contributed by atoms with Crippen molar-refractivity contribution in [2.45, 2.75) is 6.92 Å². The zero-order chi connectivity index (χ0) is 21.8. The largest absolute Gasteiger partial charge is 0.388 e. The van der Waals surface area contributed by atoms with Crippen LogP contribution in [0.3, 0.4) is 0 Å². The van der Waals surface area contributed by atoms with Crippen LogP contribution in [0.5, 0.6) is 0 Å². The van der Waals surface area contributed by atoms with Gasteiger partial charge in [-0.05, 0) is 24.3 Å². The molecule has 0 heterocycles. The van der Waals surface area contributed by atoms with Crippen LogP contribution >= 0.6 is 0 Å². The summed E-state index contributed by atoms with van der Waals surface area (Å²) in [7, 11) is 3.82. The third kappa shape index (κ3) is 32.6. The van der Waals surface area contributed by atoms with Crippen molar-refractivity contribution >= 4 is 39.4 Å². The molecule has 12 heteroatoms. The maximum atomic E-state index is 9.99. The Morgan fingerprint density at radius 1 is 0.833 bits per heavy atom. The molecule has 2 aromatic carbocycles. The fourth-order valence-electron chi connectivity index (χ4n) is 1.37. The normalized spacial score (nSPS) is 10.1. The second-order valence-electron chi connectivity index (χ2n) is 4.85. The molecule has 2 rings (SSSR count). The molecule has 5 N–H and O–H groups in total. The summed E-state index contributed by atoms with van der Waals surface area (Å²) >= 11 is -3.53. The van der Waals surface area contributed by atoms with Gasteiger partial charge in [-0.2, -0.15) is 0 Å². The molecule has 0 aliphatic carbocycles. The van der Waals surface area contributed by atoms with Gasteiger partial charge < -0.3 is 25.1 Å². The average molecular weight is 609 g/mol. The van der Waals surface area contributed by atoms with E-state index in [-0.39, 0.29) is 77.2 Å². The van der Waals surface area contributed by atoms with Gasteiger partial charge in [0.25, 0.3) is 0 Å². The number of amides is 1. The molecule has 1 amide bonds. The third-order valence-corrected chi connectivity index (χ3v) is 2.96. The Bertz CT molecular complexity index is 627. The van der Waals surface area contributed by atoms with Crippen LogP contribution in [-0.2, 0) is 92.4 Å². The Labute approximate surface area is 234 Å². The molecule has 8 nitrogen and oxygen atoms in total. The van der Waals surface area contributed by atoms with Gasteiger partial charge in [0.1, 0.15) is 17.0 Å². The standard InChI is InChI=1S/2C7H9N.C3H7NO3S.CH4O2S.2Y/c2*1-8-7-5-3-2-4-6-7;1-3(5)4-2-8(6)7;1-4(2)3;;/h2*2-6,8H,1H3;2H2,1H3,(H,4,5)(H,6,7);1H3,(H,2,3);;. The number of rotatable bonds is 4. The monoisotopic (exact) mass is 609 g/mol. The Balaban J connectivity index is -0.000000151. The minimum absolute atomic E-state index is 0. The van der Waals surface area contributed by atoms with E-state index in [9.17, 15) is 9.00 Å². The summed E-state index contributed by atoms with van der Waals surface area (Å²) in [6.07, 6.45) is 1.19. The number of carbonyl (C=O) groups is 1. The first-order chi connectivity index (χ1) is 13.2. The average Bonchev–Trinajstić information content (AvgIpc) is 2.68. The number of hydrogen-bond acceptors (Lipinski definition) is 5. The fourth-order valence-corrected chi connectivity index (χ4v) is 1.70. The van der Waals surface area contributed by atoms with Crippen LogP contribution < -0.4 is 16.0 Å². The van der Waals surface area contributed by atoms with Gasteiger partial charge in [-0.1, -0.05) is 36.4 Å². The van der Waals surface area contributed by atoms with Gasteiger partial charge >= 0.3 is 0 Å². The van der Waals surface area contributed by atoms with E-state index in [1.54, 1.807) is 0 Å². The quantitative estimate of drug-likeness (QED) is 0.338. The molecule has 0 aromatic heterocycles. The van der Waals surface area contributed by atoms with Crippen LogP contribution in [-0.4, -0.2) is 49.7 Å². The molecule has 164 valence electrons. The van der Waals surface area contributed by atoms with E-state index in [4.69, 9.17) is 13.3 Å². The summed E-state index contributed by atoms with van der Waals surface area (Å²) in [5.41, 5.74) is 2.32. The van der Waals surface area contributed by atoms with E-state index >= 15 is 0 Å². The molecule has 0 saturated carbocycles. The SMILES string of the molecule is CC(=O)NCS(=O)O.CNc1ccccc1.CNc1ccccc1.CS(=O)O.[Y].[Y]. The number of hydrogen-bond donors (Lipinski definition) is 5. The van der Waals surface area contributed by atoms with Gasteiger partial charge in [0.05, 0.1) is 0 Å². The van der Waals surface area contributed by atoms with E-state index in [0.717, 1.165) is 11.4 Å². The summed E-state index contributed by atoms with van der Waals surface area (Å²) in [6.45, 7) is 1.28. The molecule has 0 aliphatic heterocycles. The number of benzene rings is 2. The van der Waals surface area contributed by atoms with Crippen LogP contribution in [0, 0.1) is 0 Å². The third-order valence-electron chi connectivity index (χ3n) is 2.57. The fraction of sp³-hybridized carbons (Fsp3) is 0.278. The van der Waals surface area contributed by atoms with Crippen LogP contribution in [0.25, 0.3) is 0 Å². The van der Waals surface area contributed by atoms with Gasteiger partial charge in [-0.3, -0.25) is 4.79 Å². The maximum absolute atomic E-state index is 9.99. The molecule has 2 aromatic rings. The van der Waals surface area contributed by atoms with Gasteiger partial charge in [0.15, 0.2) is 11.1 Å². The molecular formula is C18H29N3O5S2Y2. The van der Waals surface area contributed by atoms with Crippen molar-refractivity contribution < 1.29 is 87.7 Å². The van der Waals surface area contributed by atoms with E-state index in [2.05, 4.69) is 16.0 Å². The zero-order valence-corrected chi connectivity index (χ0v) is 24.9. The van der Waals surface area contributed by atoms with Crippen molar-refractivity contribution in [3.05, 3.63) is 60.7 Å². The molecule has 2 unspecified atom stereocenters. The first-order valence-electron chi connectivity index (χ1n) is 8.02. The summed E-state index contributed by atoms with van der Waals surface area (Å²) in [6, 6.07) is 20.1. The minimum Gasteiger partial charge on any atom is -0.388 e. The van der Waals surface area contributed by atoms with Gasteiger partial charge in [0.2, 0.25) is 5.91 Å². The van der Waals surface area contributed by atoms with Crippen molar-refractivity contribution in [3.63, 3.8) is 0 Å². The van der Waals surface area contributed by atoms with Crippen molar-refractivity contribution in [3.8, 4) is 0 Å². The maximum Gasteiger partial charge on any atom is 0.217 e. The second-order valence-corrected chi connectivity index (χ2v) is 6.63. The number of nitrogens with one attached hydrogen (secondary N) is 3. The van der Waals surface area contributed by atoms with E-state index in [1.807, 2.05) is 74.8 Å². The molecular weight excluding hydrogens is 580 g/mol. The summed E-state index contributed by atoms with van der Waals surface area (Å²) < 4.78 is 34.5. The zero-order valence-electron chi connectivity index (χ0n) is 17.6. The molecule has 0 bridgehead atoms. The molecule has 2 atom stereocenters. The van der Waals surface area contributed by atoms with E-state index < -0.39 is 22.2 Å². The Morgan fingerprint density at radius 2 is 1.13 bits per heavy atom. The molecule has 0 aliphatic rings. The van der Waals surface area contributed by atoms with Crippen molar-refractivity contribution in [2.75, 3.05) is 36.9 Å². The molecule has 0 fully saturated rings. The van der Waals surface area contributed by atoms with Crippen molar-refractivity contribution in [2.24, 2.45) is 0 Å². The summed E-state index contributed by atoms with van der Waals surface area (Å²) in [4.78, 5) is 9.99. The number of carbonyl (C=O) groups excluding carboxylic acids is 1. The predicted molar refractivity (Wildman–Crippen MR) is 118 cm³/mol. The Kier molecular flexibility index (Phi) is 33.5. The predicted octanol–water partition coefficient (Wildman–Crippen LogP) is 2.59. The van der Waals surface area contributed by atoms with Crippen LogP contribution in [0.4, 0.5) is 11.4 Å². The second kappa shape index (κ2) is 27.0. The van der Waals surface area contributed by atoms with Crippen LogP contribution in [0.1, 0.15) is 6.92 Å². The van der Waals surface area contributed by atoms with Gasteiger partial charge in [0, 0.05) is 104 Å². The Morgan fingerprint density at radius 3 is 1.27 bits per heavy atom. The van der Waals surface area contributed by atoms with Crippen LogP contribution in [0.2, 0.25) is 0 Å². The Hall–Kier alpha value is -0.0622. The molecule has 0 spiro atoms. The topological polar surface area (TPSA) is 128 Å². The van der Waals surface area contributed by atoms with Gasteiger partial charge in [-0.25, -0.2) is 8.42 Å². The minimum atomic E-state index is -1.92. The van der Waals surface area contributed by atoms with Crippen molar-refractivity contribution in [1.82, 2.24) is 5.32 Å². The molecule has 0 saturated heterocycles. The van der Waals surface area contributed by atoms with Crippen molar-refractivity contribution in [1.29, 1.82) is 0 Å². The van der Waals surface area contributed by atoms with Gasteiger partial charge in [-0.15, -0.1) is 0 Å². The van der Waals surface area contributed by atoms with Crippen LogP contribution in [0.15, 0.2) is 60.7 Å². The van der Waals surface area contributed by atoms with E-state index in [0.29, 0.717) is 0 Å². The molecule has 2 radical (unpaired) electrons. The summed E-state index contributed by atoms with van der Waals surface area (Å²) in [5, 5.41) is 8.21. The number of anilines is 2. The first kappa shape index (κ1) is 37.3. The first-order valence-corrected chi connectivity index (χ1v) is 10.8. The number of para-hydroxylation sites is 2. The molecule has 30 heavy (non-hydrogen) atoms. The van der Waals surface area contributed by atoms with E-state index in [1.165, 1.54) is 13.2 Å². The summed E-state index contributed by atoms with van der Waals surface area (Å²) in [5.74, 6) is -0.484. The smallest absolute Gasteiger partial charge is 0.217 e.